The van der Waals surface area contributed by atoms with Crippen molar-refractivity contribution >= 4 is 10.9 Å². The number of phenols is 1. The van der Waals surface area contributed by atoms with Crippen molar-refractivity contribution in [3.8, 4) is 5.75 Å². The van der Waals surface area contributed by atoms with E-state index in [-0.39, 0.29) is 0 Å². The van der Waals surface area contributed by atoms with Gasteiger partial charge in [0.05, 0.1) is 5.52 Å². The maximum atomic E-state index is 9.63. The van der Waals surface area contributed by atoms with E-state index in [1.807, 2.05) is 12.1 Å². The van der Waals surface area contributed by atoms with Gasteiger partial charge in [-0.1, -0.05) is 13.8 Å². The lowest BCUT2D eigenvalue weighted by Gasteiger charge is -2.16. The number of aromatic hydroxyl groups is 1. The second kappa shape index (κ2) is 5.02. The lowest BCUT2D eigenvalue weighted by atomic mass is 10.2. The molecule has 2 aromatic rings. The van der Waals surface area contributed by atoms with Gasteiger partial charge in [-0.3, -0.25) is 0 Å². The molecule has 3 nitrogen and oxygen atoms in total. The smallest absolute Gasteiger partial charge is 0.117 e. The molecule has 0 spiro atoms. The zero-order chi connectivity index (χ0) is 13.3. The molecule has 98 valence electrons. The summed E-state index contributed by atoms with van der Waals surface area (Å²) in [5.74, 6) is 0.325. The van der Waals surface area contributed by atoms with Gasteiger partial charge >= 0.3 is 0 Å². The van der Waals surface area contributed by atoms with Crippen LogP contribution < -0.4 is 5.32 Å². The quantitative estimate of drug-likeness (QED) is 0.867. The van der Waals surface area contributed by atoms with Gasteiger partial charge in [0.15, 0.2) is 0 Å². The molecule has 0 saturated heterocycles. The molecule has 0 bridgehead atoms. The maximum absolute atomic E-state index is 9.63. The van der Waals surface area contributed by atoms with Crippen LogP contribution in [0.15, 0.2) is 24.3 Å². The molecule has 3 heteroatoms. The Hall–Kier alpha value is -1.48. The molecular formula is C15H22N2O. The maximum Gasteiger partial charge on any atom is 0.117 e. The van der Waals surface area contributed by atoms with Crippen LogP contribution in [0.2, 0.25) is 0 Å². The summed E-state index contributed by atoms with van der Waals surface area (Å²) >= 11 is 0. The second-order valence-corrected chi connectivity index (χ2v) is 5.38. The first-order chi connectivity index (χ1) is 8.49. The molecular weight excluding hydrogens is 224 g/mol. The van der Waals surface area contributed by atoms with Crippen molar-refractivity contribution in [2.45, 2.75) is 46.3 Å². The van der Waals surface area contributed by atoms with E-state index in [9.17, 15) is 5.11 Å². The third kappa shape index (κ3) is 2.51. The zero-order valence-corrected chi connectivity index (χ0v) is 11.6. The number of nitrogens with one attached hydrogen (secondary N) is 1. The molecule has 0 saturated carbocycles. The fourth-order valence-electron chi connectivity index (χ4n) is 2.32. The third-order valence-corrected chi connectivity index (χ3v) is 3.11. The van der Waals surface area contributed by atoms with Crippen molar-refractivity contribution in [3.63, 3.8) is 0 Å². The van der Waals surface area contributed by atoms with Crippen molar-refractivity contribution in [2.75, 3.05) is 0 Å². The zero-order valence-electron chi connectivity index (χ0n) is 11.6. The molecule has 0 unspecified atom stereocenters. The molecule has 1 aromatic carbocycles. The topological polar surface area (TPSA) is 37.2 Å². The number of benzene rings is 1. The van der Waals surface area contributed by atoms with E-state index in [2.05, 4.69) is 43.6 Å². The normalized spacial score (nSPS) is 11.9. The van der Waals surface area contributed by atoms with Gasteiger partial charge in [-0.2, -0.15) is 0 Å². The first-order valence-corrected chi connectivity index (χ1v) is 6.55. The Labute approximate surface area is 108 Å². The SMILES string of the molecule is CC(C)NCc1cc2ccc(O)cc2n1C(C)C. The van der Waals surface area contributed by atoms with Gasteiger partial charge in [0.1, 0.15) is 5.75 Å². The van der Waals surface area contributed by atoms with Gasteiger partial charge in [0.2, 0.25) is 0 Å². The number of aromatic nitrogens is 1. The number of hydrogen-bond donors (Lipinski definition) is 2. The van der Waals surface area contributed by atoms with Crippen LogP contribution >= 0.6 is 0 Å². The highest BCUT2D eigenvalue weighted by Crippen LogP contribution is 2.27. The molecule has 0 radical (unpaired) electrons. The summed E-state index contributed by atoms with van der Waals surface area (Å²) < 4.78 is 2.28. The largest absolute Gasteiger partial charge is 0.508 e. The molecule has 0 aliphatic carbocycles. The van der Waals surface area contributed by atoms with E-state index in [1.54, 1.807) is 6.07 Å². The van der Waals surface area contributed by atoms with Gasteiger partial charge in [-0.15, -0.1) is 0 Å². The summed E-state index contributed by atoms with van der Waals surface area (Å²) in [7, 11) is 0. The Kier molecular flexibility index (Phi) is 3.62. The average Bonchev–Trinajstić information content (AvgIpc) is 2.63. The Bertz CT molecular complexity index is 541. The van der Waals surface area contributed by atoms with E-state index in [4.69, 9.17) is 0 Å². The van der Waals surface area contributed by atoms with Crippen molar-refractivity contribution < 1.29 is 5.11 Å². The summed E-state index contributed by atoms with van der Waals surface area (Å²) in [5.41, 5.74) is 2.37. The van der Waals surface area contributed by atoms with Crippen LogP contribution in [0.3, 0.4) is 0 Å². The van der Waals surface area contributed by atoms with E-state index >= 15 is 0 Å². The van der Waals surface area contributed by atoms with Crippen molar-refractivity contribution in [2.24, 2.45) is 0 Å². The Balaban J connectivity index is 2.48. The number of phenolic OH excluding ortho intramolecular Hbond substituents is 1. The molecule has 0 atom stereocenters. The van der Waals surface area contributed by atoms with E-state index < -0.39 is 0 Å². The highest BCUT2D eigenvalue weighted by atomic mass is 16.3. The third-order valence-electron chi connectivity index (χ3n) is 3.11. The average molecular weight is 246 g/mol. The Morgan fingerprint density at radius 3 is 2.50 bits per heavy atom. The number of rotatable bonds is 4. The van der Waals surface area contributed by atoms with E-state index in [0.29, 0.717) is 17.8 Å². The van der Waals surface area contributed by atoms with Crippen LogP contribution in [0, 0.1) is 0 Å². The molecule has 2 N–H and O–H groups in total. The van der Waals surface area contributed by atoms with Crippen LogP contribution in [0.25, 0.3) is 10.9 Å². The Morgan fingerprint density at radius 2 is 1.89 bits per heavy atom. The molecule has 2 rings (SSSR count). The van der Waals surface area contributed by atoms with Crippen LogP contribution in [0.5, 0.6) is 5.75 Å². The number of nitrogens with zero attached hydrogens (tertiary/aromatic N) is 1. The first-order valence-electron chi connectivity index (χ1n) is 6.55. The van der Waals surface area contributed by atoms with Gasteiger partial charge in [0, 0.05) is 35.8 Å². The van der Waals surface area contributed by atoms with Crippen molar-refractivity contribution in [3.05, 3.63) is 30.0 Å². The van der Waals surface area contributed by atoms with Gasteiger partial charge in [-0.05, 0) is 32.0 Å². The molecule has 0 amide bonds. The molecule has 0 fully saturated rings. The summed E-state index contributed by atoms with van der Waals surface area (Å²) in [5, 5.41) is 14.3. The highest BCUT2D eigenvalue weighted by molar-refractivity contribution is 5.82. The monoisotopic (exact) mass is 246 g/mol. The van der Waals surface area contributed by atoms with Crippen molar-refractivity contribution in [1.82, 2.24) is 9.88 Å². The van der Waals surface area contributed by atoms with Crippen LogP contribution in [-0.2, 0) is 6.54 Å². The van der Waals surface area contributed by atoms with E-state index in [0.717, 1.165) is 12.1 Å². The van der Waals surface area contributed by atoms with Gasteiger partial charge in [-0.25, -0.2) is 0 Å². The van der Waals surface area contributed by atoms with Crippen LogP contribution in [0.4, 0.5) is 0 Å². The minimum absolute atomic E-state index is 0.325. The lowest BCUT2D eigenvalue weighted by Crippen LogP contribution is -2.23. The number of hydrogen-bond acceptors (Lipinski definition) is 2. The van der Waals surface area contributed by atoms with E-state index in [1.165, 1.54) is 11.1 Å². The minimum atomic E-state index is 0.325. The summed E-state index contributed by atoms with van der Waals surface area (Å²) in [6.07, 6.45) is 0. The fraction of sp³-hybridized carbons (Fsp3) is 0.467. The molecule has 18 heavy (non-hydrogen) atoms. The molecule has 1 aromatic heterocycles. The first kappa shape index (κ1) is 13.0. The molecule has 0 aliphatic rings. The standard InChI is InChI=1S/C15H22N2O/c1-10(2)16-9-13-7-12-5-6-14(18)8-15(12)17(13)11(3)4/h5-8,10-11,16,18H,9H2,1-4H3. The van der Waals surface area contributed by atoms with Crippen molar-refractivity contribution in [1.29, 1.82) is 0 Å². The second-order valence-electron chi connectivity index (χ2n) is 5.38. The van der Waals surface area contributed by atoms with Crippen LogP contribution in [-0.4, -0.2) is 15.7 Å². The summed E-state index contributed by atoms with van der Waals surface area (Å²) in [6.45, 7) is 9.48. The predicted molar refractivity (Wildman–Crippen MR) is 76.0 cm³/mol. The summed E-state index contributed by atoms with van der Waals surface area (Å²) in [6, 6.07) is 8.61. The fourth-order valence-corrected chi connectivity index (χ4v) is 2.32. The predicted octanol–water partition coefficient (Wildman–Crippen LogP) is 3.43. The Morgan fingerprint density at radius 1 is 1.17 bits per heavy atom. The highest BCUT2D eigenvalue weighted by Gasteiger charge is 2.12. The molecule has 0 aliphatic heterocycles. The van der Waals surface area contributed by atoms with Crippen LogP contribution in [0.1, 0.15) is 39.4 Å². The lowest BCUT2D eigenvalue weighted by molar-refractivity contribution is 0.475. The number of fused-ring (bicyclic) bond motifs is 1. The minimum Gasteiger partial charge on any atom is -0.508 e. The van der Waals surface area contributed by atoms with Gasteiger partial charge < -0.3 is 15.0 Å². The summed E-state index contributed by atoms with van der Waals surface area (Å²) in [4.78, 5) is 0. The molecule has 1 heterocycles. The van der Waals surface area contributed by atoms with Gasteiger partial charge in [0.25, 0.3) is 0 Å².